The smallest absolute Gasteiger partial charge is 0.326 e. The second-order valence-corrected chi connectivity index (χ2v) is 6.04. The second-order valence-electron chi connectivity index (χ2n) is 5.41. The van der Waals surface area contributed by atoms with Crippen molar-refractivity contribution < 1.29 is 14.7 Å². The molecule has 102 valence electrons. The predicted octanol–water partition coefficient (Wildman–Crippen LogP) is 1.78. The van der Waals surface area contributed by atoms with Crippen molar-refractivity contribution in [3.05, 3.63) is 16.6 Å². The zero-order chi connectivity index (χ0) is 13.6. The van der Waals surface area contributed by atoms with Crippen LogP contribution in [0.2, 0.25) is 0 Å². The summed E-state index contributed by atoms with van der Waals surface area (Å²) in [7, 11) is 0. The molecule has 1 saturated carbocycles. The molecule has 1 aromatic heterocycles. The Bertz CT molecular complexity index is 528. The minimum absolute atomic E-state index is 0.133. The molecule has 0 bridgehead atoms. The van der Waals surface area contributed by atoms with Gasteiger partial charge in [0.15, 0.2) is 0 Å². The van der Waals surface area contributed by atoms with Crippen LogP contribution in [0.3, 0.4) is 0 Å². The Kier molecular flexibility index (Phi) is 3.05. The van der Waals surface area contributed by atoms with Crippen LogP contribution < -0.4 is 0 Å². The number of carbonyl (C=O) groups excluding carboxylic acids is 1. The van der Waals surface area contributed by atoms with Crippen molar-refractivity contribution >= 4 is 23.4 Å². The summed E-state index contributed by atoms with van der Waals surface area (Å²) in [6.45, 7) is 2.37. The normalized spacial score (nSPS) is 29.5. The van der Waals surface area contributed by atoms with Gasteiger partial charge in [0.2, 0.25) is 0 Å². The molecule has 19 heavy (non-hydrogen) atoms. The van der Waals surface area contributed by atoms with E-state index in [0.29, 0.717) is 23.7 Å². The van der Waals surface area contributed by atoms with E-state index >= 15 is 0 Å². The molecular formula is C13H16N2O3S. The summed E-state index contributed by atoms with van der Waals surface area (Å²) in [6, 6.07) is -0.653. The summed E-state index contributed by atoms with van der Waals surface area (Å²) in [5.41, 5.74) is 1.24. The van der Waals surface area contributed by atoms with E-state index in [2.05, 4.69) is 4.37 Å². The molecule has 0 spiro atoms. The van der Waals surface area contributed by atoms with E-state index in [1.165, 1.54) is 11.5 Å². The largest absolute Gasteiger partial charge is 0.480 e. The van der Waals surface area contributed by atoms with E-state index in [-0.39, 0.29) is 11.8 Å². The van der Waals surface area contributed by atoms with Crippen molar-refractivity contribution in [3.8, 4) is 0 Å². The first kappa shape index (κ1) is 12.6. The summed E-state index contributed by atoms with van der Waals surface area (Å²) in [4.78, 5) is 25.6. The Labute approximate surface area is 115 Å². The van der Waals surface area contributed by atoms with Crippen LogP contribution in [0.25, 0.3) is 0 Å². The number of carbonyl (C=O) groups is 2. The first-order valence-electron chi connectivity index (χ1n) is 6.54. The molecule has 1 amide bonds. The Hall–Kier alpha value is -1.43. The lowest BCUT2D eigenvalue weighted by atomic mass is 9.94. The summed E-state index contributed by atoms with van der Waals surface area (Å²) >= 11 is 1.24. The summed E-state index contributed by atoms with van der Waals surface area (Å²) in [5.74, 6) is -0.554. The number of aliphatic carboxylic acids is 1. The highest BCUT2D eigenvalue weighted by Gasteiger charge is 2.49. The van der Waals surface area contributed by atoms with Gasteiger partial charge in [0.1, 0.15) is 6.04 Å². The lowest BCUT2D eigenvalue weighted by molar-refractivity contribution is -0.142. The van der Waals surface area contributed by atoms with Crippen molar-refractivity contribution in [1.82, 2.24) is 9.27 Å². The summed E-state index contributed by atoms with van der Waals surface area (Å²) < 4.78 is 4.10. The predicted molar refractivity (Wildman–Crippen MR) is 70.1 cm³/mol. The summed E-state index contributed by atoms with van der Waals surface area (Å²) in [6.07, 6.45) is 3.05. The van der Waals surface area contributed by atoms with E-state index in [1.54, 1.807) is 17.2 Å². The first-order chi connectivity index (χ1) is 9.09. The van der Waals surface area contributed by atoms with Crippen LogP contribution in [-0.2, 0) is 4.79 Å². The molecule has 1 aliphatic heterocycles. The second kappa shape index (κ2) is 4.59. The third-order valence-electron chi connectivity index (χ3n) is 4.38. The highest BCUT2D eigenvalue weighted by molar-refractivity contribution is 7.03. The van der Waals surface area contributed by atoms with Gasteiger partial charge in [-0.1, -0.05) is 6.42 Å². The van der Waals surface area contributed by atoms with Crippen LogP contribution in [0.5, 0.6) is 0 Å². The van der Waals surface area contributed by atoms with Gasteiger partial charge in [0.05, 0.1) is 11.3 Å². The van der Waals surface area contributed by atoms with Crippen molar-refractivity contribution in [3.63, 3.8) is 0 Å². The van der Waals surface area contributed by atoms with E-state index in [1.807, 2.05) is 0 Å². The van der Waals surface area contributed by atoms with Gasteiger partial charge in [-0.2, -0.15) is 4.37 Å². The maximum Gasteiger partial charge on any atom is 0.326 e. The minimum atomic E-state index is -0.872. The van der Waals surface area contributed by atoms with Gasteiger partial charge in [-0.15, -0.1) is 0 Å². The number of aryl methyl sites for hydroxylation is 1. The SMILES string of the molecule is Cc1nscc1C(=O)N1CC2CCCC2C1C(=O)O. The van der Waals surface area contributed by atoms with Gasteiger partial charge >= 0.3 is 5.97 Å². The number of hydrogen-bond acceptors (Lipinski definition) is 4. The monoisotopic (exact) mass is 280 g/mol. The lowest BCUT2D eigenvalue weighted by Crippen LogP contribution is -2.43. The zero-order valence-corrected chi connectivity index (χ0v) is 11.5. The molecule has 2 heterocycles. The maximum atomic E-state index is 12.5. The fourth-order valence-electron chi connectivity index (χ4n) is 3.48. The average molecular weight is 280 g/mol. The molecule has 0 radical (unpaired) electrons. The molecular weight excluding hydrogens is 264 g/mol. The van der Waals surface area contributed by atoms with E-state index in [4.69, 9.17) is 0 Å². The number of fused-ring (bicyclic) bond motifs is 1. The highest BCUT2D eigenvalue weighted by atomic mass is 32.1. The van der Waals surface area contributed by atoms with Gasteiger partial charge in [-0.3, -0.25) is 4.79 Å². The number of hydrogen-bond donors (Lipinski definition) is 1. The van der Waals surface area contributed by atoms with Gasteiger partial charge in [-0.25, -0.2) is 4.79 Å². The Morgan fingerprint density at radius 1 is 1.47 bits per heavy atom. The molecule has 0 aromatic carbocycles. The average Bonchev–Trinajstić information content (AvgIpc) is 3.00. The van der Waals surface area contributed by atoms with Gasteiger partial charge in [0, 0.05) is 11.9 Å². The van der Waals surface area contributed by atoms with Crippen LogP contribution in [-0.4, -0.2) is 38.8 Å². The quantitative estimate of drug-likeness (QED) is 0.896. The number of nitrogens with zero attached hydrogens (tertiary/aromatic N) is 2. The molecule has 2 fully saturated rings. The van der Waals surface area contributed by atoms with Gasteiger partial charge < -0.3 is 10.0 Å². The van der Waals surface area contributed by atoms with Crippen LogP contribution in [0.4, 0.5) is 0 Å². The van der Waals surface area contributed by atoms with Gasteiger partial charge in [0.25, 0.3) is 5.91 Å². The number of carboxylic acid groups (broad SMARTS) is 1. The molecule has 3 atom stereocenters. The fraction of sp³-hybridized carbons (Fsp3) is 0.615. The molecule has 3 unspecified atom stereocenters. The number of rotatable bonds is 2. The van der Waals surface area contributed by atoms with Crippen molar-refractivity contribution in [1.29, 1.82) is 0 Å². The molecule has 2 aliphatic rings. The van der Waals surface area contributed by atoms with E-state index in [0.717, 1.165) is 19.3 Å². The third kappa shape index (κ3) is 1.94. The first-order valence-corrected chi connectivity index (χ1v) is 7.38. The molecule has 1 N–H and O–H groups in total. The number of aromatic nitrogens is 1. The third-order valence-corrected chi connectivity index (χ3v) is 5.11. The molecule has 5 nitrogen and oxygen atoms in total. The number of carboxylic acids is 1. The van der Waals surface area contributed by atoms with E-state index in [9.17, 15) is 14.7 Å². The Morgan fingerprint density at radius 3 is 2.89 bits per heavy atom. The molecule has 1 saturated heterocycles. The number of likely N-dealkylation sites (tertiary alicyclic amines) is 1. The minimum Gasteiger partial charge on any atom is -0.480 e. The standard InChI is InChI=1S/C13H16N2O3S/c1-7-10(6-19-14-7)12(16)15-5-8-3-2-4-9(8)11(15)13(17)18/h6,8-9,11H,2-5H2,1H3,(H,17,18). The van der Waals surface area contributed by atoms with Gasteiger partial charge in [-0.05, 0) is 43.1 Å². The molecule has 3 rings (SSSR count). The molecule has 1 aliphatic carbocycles. The molecule has 1 aromatic rings. The van der Waals surface area contributed by atoms with Crippen molar-refractivity contribution in [2.24, 2.45) is 11.8 Å². The number of amides is 1. The topological polar surface area (TPSA) is 70.5 Å². The fourth-order valence-corrected chi connectivity index (χ4v) is 4.17. The van der Waals surface area contributed by atoms with Crippen LogP contribution >= 0.6 is 11.5 Å². The Balaban J connectivity index is 1.90. The Morgan fingerprint density at radius 2 is 2.26 bits per heavy atom. The highest BCUT2D eigenvalue weighted by Crippen LogP contribution is 2.42. The van der Waals surface area contributed by atoms with Crippen LogP contribution in [0, 0.1) is 18.8 Å². The van der Waals surface area contributed by atoms with E-state index < -0.39 is 12.0 Å². The maximum absolute atomic E-state index is 12.5. The summed E-state index contributed by atoms with van der Waals surface area (Å²) in [5, 5.41) is 11.2. The van der Waals surface area contributed by atoms with Crippen molar-refractivity contribution in [2.75, 3.05) is 6.54 Å². The lowest BCUT2D eigenvalue weighted by Gasteiger charge is -2.24. The van der Waals surface area contributed by atoms with Crippen LogP contribution in [0.15, 0.2) is 5.38 Å². The zero-order valence-electron chi connectivity index (χ0n) is 10.7. The molecule has 6 heteroatoms. The van der Waals surface area contributed by atoms with Crippen LogP contribution in [0.1, 0.15) is 35.3 Å². The van der Waals surface area contributed by atoms with Crippen molar-refractivity contribution in [2.45, 2.75) is 32.2 Å².